The zero-order chi connectivity index (χ0) is 46.8. The topological polar surface area (TPSA) is 170 Å². The Balaban J connectivity index is 1.06. The second kappa shape index (κ2) is 27.9. The van der Waals surface area contributed by atoms with Gasteiger partial charge in [-0.3, -0.25) is 5.26 Å². The van der Waals surface area contributed by atoms with Gasteiger partial charge in [-0.2, -0.15) is 15.1 Å². The molecule has 5 aromatic rings. The van der Waals surface area contributed by atoms with Crippen LogP contribution in [0.3, 0.4) is 0 Å². The molecule has 0 aliphatic rings. The van der Waals surface area contributed by atoms with Gasteiger partial charge in [-0.25, -0.2) is 19.3 Å². The quantitative estimate of drug-likeness (QED) is 0.00918. The number of carbonyl (C=O) groups is 3. The van der Waals surface area contributed by atoms with Crippen molar-refractivity contribution in [3.63, 3.8) is 0 Å². The number of rotatable bonds is 29. The molecule has 0 aromatic heterocycles. The number of benzene rings is 5. The van der Waals surface area contributed by atoms with E-state index in [1.165, 1.54) is 13.3 Å². The Morgan fingerprint density at radius 1 is 0.606 bits per heavy atom. The summed E-state index contributed by atoms with van der Waals surface area (Å²) in [5.41, 5.74) is 3.94. The van der Waals surface area contributed by atoms with E-state index >= 15 is 0 Å². The standard InChI is InChI=1S/C52H56N2O12/c1-4-49(55)62-30-12-8-6-10-28-60-45-23-15-38(16-24-45)37-64-66-48-27-17-40(33-47(48)52(57)59-3)36-54-53-35-39-14-18-43-34-44(20-19-42(43)32-39)51(65-58)41-21-25-46(26-22-41)61-29-11-7-9-13-31-63-50(56)5-2/h4-5,14-27,32-36,51,58H,1-2,6-13,28-31,37H2,3H3/b53-35+,54-36+. The van der Waals surface area contributed by atoms with Crippen LogP contribution in [0.2, 0.25) is 0 Å². The van der Waals surface area contributed by atoms with Crippen LogP contribution in [-0.4, -0.2) is 69.1 Å². The molecule has 14 heteroatoms. The van der Waals surface area contributed by atoms with Crippen molar-refractivity contribution < 1.29 is 58.0 Å². The lowest BCUT2D eigenvalue weighted by Crippen LogP contribution is -2.07. The van der Waals surface area contributed by atoms with Gasteiger partial charge in [0.2, 0.25) is 0 Å². The van der Waals surface area contributed by atoms with Crippen molar-refractivity contribution in [2.24, 2.45) is 10.2 Å². The highest BCUT2D eigenvalue weighted by molar-refractivity contribution is 5.95. The summed E-state index contributed by atoms with van der Waals surface area (Å²) < 4.78 is 26.6. The molecule has 66 heavy (non-hydrogen) atoms. The molecule has 1 N–H and O–H groups in total. The molecule has 5 aromatic carbocycles. The van der Waals surface area contributed by atoms with Crippen LogP contribution in [0.15, 0.2) is 139 Å². The number of ether oxygens (including phenoxy) is 5. The van der Waals surface area contributed by atoms with Crippen LogP contribution in [0.1, 0.15) is 95.6 Å². The van der Waals surface area contributed by atoms with Crippen molar-refractivity contribution in [3.8, 4) is 17.2 Å². The summed E-state index contributed by atoms with van der Waals surface area (Å²) >= 11 is 0. The molecule has 0 saturated heterocycles. The van der Waals surface area contributed by atoms with Crippen LogP contribution in [0.5, 0.6) is 17.2 Å². The van der Waals surface area contributed by atoms with E-state index in [0.29, 0.717) is 32.0 Å². The Hall–Kier alpha value is -7.13. The van der Waals surface area contributed by atoms with Crippen LogP contribution in [-0.2, 0) is 40.2 Å². The lowest BCUT2D eigenvalue weighted by Gasteiger charge is -2.16. The van der Waals surface area contributed by atoms with E-state index in [1.54, 1.807) is 24.4 Å². The SMILES string of the molecule is C=CC(=O)OCCCCCCOc1ccc(COOc2ccc(/C=N/N=C/c3ccc4cc(C(OO)c5ccc(OCCCCCCOC(=O)C=C)cc5)ccc4c3)cc2C(=O)OC)cc1. The number of hydrogen-bond donors (Lipinski definition) is 1. The molecule has 0 aliphatic heterocycles. The number of unbranched alkanes of at least 4 members (excludes halogenated alkanes) is 6. The first-order chi connectivity index (χ1) is 32.3. The smallest absolute Gasteiger partial charge is 0.341 e. The van der Waals surface area contributed by atoms with Gasteiger partial charge in [0.25, 0.3) is 0 Å². The summed E-state index contributed by atoms with van der Waals surface area (Å²) in [5.74, 6) is 0.233. The highest BCUT2D eigenvalue weighted by atomic mass is 17.2. The van der Waals surface area contributed by atoms with Crippen LogP contribution in [0.25, 0.3) is 10.8 Å². The van der Waals surface area contributed by atoms with Crippen molar-refractivity contribution in [2.75, 3.05) is 33.5 Å². The highest BCUT2D eigenvalue weighted by Crippen LogP contribution is 2.30. The van der Waals surface area contributed by atoms with Gasteiger partial charge in [-0.1, -0.05) is 61.7 Å². The molecular weight excluding hydrogens is 845 g/mol. The maximum atomic E-state index is 12.6. The summed E-state index contributed by atoms with van der Waals surface area (Å²) in [7, 11) is 1.28. The molecule has 0 bridgehead atoms. The van der Waals surface area contributed by atoms with Crippen LogP contribution >= 0.6 is 0 Å². The van der Waals surface area contributed by atoms with E-state index in [1.807, 2.05) is 84.9 Å². The van der Waals surface area contributed by atoms with E-state index in [4.69, 9.17) is 38.3 Å². The summed E-state index contributed by atoms with van der Waals surface area (Å²) in [6, 6.07) is 31.4. The number of hydrogen-bond acceptors (Lipinski definition) is 14. The largest absolute Gasteiger partial charge is 0.494 e. The third-order valence-electron chi connectivity index (χ3n) is 10.1. The van der Waals surface area contributed by atoms with Gasteiger partial charge < -0.3 is 28.6 Å². The number of methoxy groups -OCH3 is 1. The van der Waals surface area contributed by atoms with Crippen LogP contribution in [0, 0.1) is 0 Å². The summed E-state index contributed by atoms with van der Waals surface area (Å²) in [6.07, 6.45) is 11.9. The monoisotopic (exact) mass is 900 g/mol. The molecule has 0 saturated carbocycles. The molecule has 0 radical (unpaired) electrons. The van der Waals surface area contributed by atoms with E-state index in [2.05, 4.69) is 23.4 Å². The van der Waals surface area contributed by atoms with E-state index in [-0.39, 0.29) is 17.9 Å². The fraction of sp³-hybridized carbons (Fsp3) is 0.288. The van der Waals surface area contributed by atoms with Crippen molar-refractivity contribution in [1.29, 1.82) is 0 Å². The number of carbonyl (C=O) groups excluding carboxylic acids is 3. The Bertz CT molecular complexity index is 2400. The molecule has 0 spiro atoms. The first kappa shape index (κ1) is 49.9. The van der Waals surface area contributed by atoms with Crippen molar-refractivity contribution in [2.45, 2.75) is 64.1 Å². The molecule has 1 atom stereocenters. The molecule has 346 valence electrons. The third kappa shape index (κ3) is 16.8. The minimum absolute atomic E-state index is 0.123. The Morgan fingerprint density at radius 2 is 1.12 bits per heavy atom. The minimum atomic E-state index is -0.699. The Kier molecular flexibility index (Phi) is 21.1. The normalized spacial score (nSPS) is 11.6. The average Bonchev–Trinajstić information content (AvgIpc) is 3.35. The van der Waals surface area contributed by atoms with E-state index in [9.17, 15) is 19.6 Å². The first-order valence-corrected chi connectivity index (χ1v) is 21.7. The lowest BCUT2D eigenvalue weighted by atomic mass is 9.97. The van der Waals surface area contributed by atoms with Gasteiger partial charge in [0.1, 0.15) is 29.8 Å². The van der Waals surface area contributed by atoms with Crippen LogP contribution in [0.4, 0.5) is 0 Å². The van der Waals surface area contributed by atoms with Gasteiger partial charge in [-0.15, -0.1) is 0 Å². The minimum Gasteiger partial charge on any atom is -0.494 e. The second-order valence-electron chi connectivity index (χ2n) is 14.9. The van der Waals surface area contributed by atoms with Crippen molar-refractivity contribution in [1.82, 2.24) is 0 Å². The third-order valence-corrected chi connectivity index (χ3v) is 10.1. The maximum Gasteiger partial charge on any atom is 0.341 e. The zero-order valence-corrected chi connectivity index (χ0v) is 37.1. The fourth-order valence-corrected chi connectivity index (χ4v) is 6.55. The molecule has 5 rings (SSSR count). The molecule has 0 fully saturated rings. The van der Waals surface area contributed by atoms with Crippen molar-refractivity contribution >= 4 is 41.1 Å². The predicted octanol–water partition coefficient (Wildman–Crippen LogP) is 10.5. The summed E-state index contributed by atoms with van der Waals surface area (Å²) in [6.45, 7) is 8.81. The number of esters is 3. The Morgan fingerprint density at radius 3 is 1.70 bits per heavy atom. The molecule has 1 unspecified atom stereocenters. The van der Waals surface area contributed by atoms with Gasteiger partial charge in [0.05, 0.1) is 46.0 Å². The summed E-state index contributed by atoms with van der Waals surface area (Å²) in [5, 5.41) is 20.2. The lowest BCUT2D eigenvalue weighted by molar-refractivity contribution is -0.270. The Labute approximate surface area is 384 Å². The number of fused-ring (bicyclic) bond motifs is 1. The van der Waals surface area contributed by atoms with Gasteiger partial charge >= 0.3 is 17.9 Å². The number of nitrogens with zero attached hydrogens (tertiary/aromatic N) is 2. The zero-order valence-electron chi connectivity index (χ0n) is 37.1. The van der Waals surface area contributed by atoms with Gasteiger partial charge in [0, 0.05) is 12.2 Å². The van der Waals surface area contributed by atoms with E-state index in [0.717, 1.165) is 108 Å². The van der Waals surface area contributed by atoms with Gasteiger partial charge in [-0.05, 0) is 145 Å². The molecule has 0 amide bonds. The predicted molar refractivity (Wildman–Crippen MR) is 251 cm³/mol. The molecule has 0 aliphatic carbocycles. The van der Waals surface area contributed by atoms with Crippen molar-refractivity contribution in [3.05, 3.63) is 162 Å². The second-order valence-corrected chi connectivity index (χ2v) is 14.9. The fourth-order valence-electron chi connectivity index (χ4n) is 6.55. The average molecular weight is 901 g/mol. The molecule has 0 heterocycles. The highest BCUT2D eigenvalue weighted by Gasteiger charge is 2.17. The first-order valence-electron chi connectivity index (χ1n) is 21.7. The molecular formula is C52H56N2O12. The maximum absolute atomic E-state index is 12.6. The summed E-state index contributed by atoms with van der Waals surface area (Å²) in [4.78, 5) is 50.7. The van der Waals surface area contributed by atoms with E-state index < -0.39 is 24.0 Å². The molecule has 14 nitrogen and oxygen atoms in total. The van der Waals surface area contributed by atoms with Gasteiger partial charge in [0.15, 0.2) is 5.75 Å². The van der Waals surface area contributed by atoms with Crippen LogP contribution < -0.4 is 14.4 Å².